The Hall–Kier alpha value is -1.59. The summed E-state index contributed by atoms with van der Waals surface area (Å²) in [6.07, 6.45) is 0. The van der Waals surface area contributed by atoms with Crippen molar-refractivity contribution in [3.8, 4) is 0 Å². The van der Waals surface area contributed by atoms with Gasteiger partial charge in [-0.1, -0.05) is 6.07 Å². The van der Waals surface area contributed by atoms with Crippen LogP contribution in [-0.4, -0.2) is 39.2 Å². The number of carbonyl (C=O) groups excluding carboxylic acids is 1. The van der Waals surface area contributed by atoms with Gasteiger partial charge in [-0.3, -0.25) is 4.79 Å². The van der Waals surface area contributed by atoms with Crippen molar-refractivity contribution < 1.29 is 9.90 Å². The molecular weight excluding hydrogens is 308 g/mol. The first-order valence-electron chi connectivity index (χ1n) is 7.93. The number of carbonyl (C=O) groups is 1. The minimum absolute atomic E-state index is 0.0137. The molecule has 4 nitrogen and oxygen atoms in total. The number of nitrogens with zero attached hydrogens (tertiary/aromatic N) is 2. The van der Waals surface area contributed by atoms with Crippen LogP contribution >= 0.6 is 11.3 Å². The Labute approximate surface area is 142 Å². The van der Waals surface area contributed by atoms with E-state index in [0.29, 0.717) is 13.1 Å². The Morgan fingerprint density at radius 2 is 2.09 bits per heavy atom. The topological polar surface area (TPSA) is 45.5 Å². The first-order valence-corrected chi connectivity index (χ1v) is 8.81. The van der Waals surface area contributed by atoms with Gasteiger partial charge >= 0.3 is 0 Å². The third-order valence-corrected chi connectivity index (χ3v) is 4.81. The summed E-state index contributed by atoms with van der Waals surface area (Å²) in [5.41, 5.74) is 1.90. The lowest BCUT2D eigenvalue weighted by molar-refractivity contribution is 0.0314. The summed E-state index contributed by atoms with van der Waals surface area (Å²) in [4.78, 5) is 15.8. The first kappa shape index (κ1) is 17.8. The van der Waals surface area contributed by atoms with Crippen LogP contribution < -0.4 is 0 Å². The molecule has 0 aliphatic carbocycles. The molecule has 0 saturated carbocycles. The minimum atomic E-state index is -0.895. The van der Waals surface area contributed by atoms with E-state index in [0.717, 1.165) is 23.5 Å². The van der Waals surface area contributed by atoms with Crippen molar-refractivity contribution in [2.75, 3.05) is 13.1 Å². The van der Waals surface area contributed by atoms with Crippen LogP contribution in [0.1, 0.15) is 47.4 Å². The lowest BCUT2D eigenvalue weighted by Gasteiger charge is -2.28. The van der Waals surface area contributed by atoms with Gasteiger partial charge < -0.3 is 14.6 Å². The molecule has 0 bridgehead atoms. The SMILES string of the molecule is CCN(CC(C)(C)O)C(=O)c1cc(C)n(Cc2cccs2)c1C. The van der Waals surface area contributed by atoms with Crippen LogP contribution in [0, 0.1) is 13.8 Å². The molecule has 2 aromatic heterocycles. The monoisotopic (exact) mass is 334 g/mol. The predicted molar refractivity (Wildman–Crippen MR) is 95.2 cm³/mol. The number of hydrogen-bond donors (Lipinski definition) is 1. The number of rotatable bonds is 6. The Kier molecular flexibility index (Phi) is 5.32. The molecule has 0 unspecified atom stereocenters. The number of aromatic nitrogens is 1. The van der Waals surface area contributed by atoms with Crippen LogP contribution in [-0.2, 0) is 6.54 Å². The molecule has 0 spiro atoms. The molecular formula is C18H26N2O2S. The molecule has 23 heavy (non-hydrogen) atoms. The highest BCUT2D eigenvalue weighted by Gasteiger charge is 2.25. The highest BCUT2D eigenvalue weighted by atomic mass is 32.1. The van der Waals surface area contributed by atoms with Crippen molar-refractivity contribution in [2.24, 2.45) is 0 Å². The molecule has 1 N–H and O–H groups in total. The van der Waals surface area contributed by atoms with Crippen molar-refractivity contribution in [3.05, 3.63) is 45.4 Å². The molecule has 0 aromatic carbocycles. The molecule has 1 amide bonds. The highest BCUT2D eigenvalue weighted by Crippen LogP contribution is 2.21. The average Bonchev–Trinajstić information content (AvgIpc) is 3.06. The second-order valence-electron chi connectivity index (χ2n) is 6.58. The van der Waals surface area contributed by atoms with E-state index in [1.165, 1.54) is 4.88 Å². The summed E-state index contributed by atoms with van der Waals surface area (Å²) in [6, 6.07) is 6.11. The molecule has 0 aliphatic rings. The maximum absolute atomic E-state index is 12.8. The molecule has 5 heteroatoms. The number of thiophene rings is 1. The number of likely N-dealkylation sites (N-methyl/N-ethyl adjacent to an activating group) is 1. The maximum atomic E-state index is 12.8. The second-order valence-corrected chi connectivity index (χ2v) is 7.61. The van der Waals surface area contributed by atoms with Gasteiger partial charge in [0.2, 0.25) is 0 Å². The van der Waals surface area contributed by atoms with Gasteiger partial charge in [0.25, 0.3) is 5.91 Å². The van der Waals surface area contributed by atoms with Gasteiger partial charge in [-0.25, -0.2) is 0 Å². The third kappa shape index (κ3) is 4.24. The lowest BCUT2D eigenvalue weighted by atomic mass is 10.1. The normalized spacial score (nSPS) is 11.7. The Balaban J connectivity index is 2.27. The van der Waals surface area contributed by atoms with E-state index >= 15 is 0 Å². The average molecular weight is 334 g/mol. The summed E-state index contributed by atoms with van der Waals surface area (Å²) in [5, 5.41) is 12.1. The zero-order valence-electron chi connectivity index (χ0n) is 14.6. The van der Waals surface area contributed by atoms with Crippen LogP contribution in [0.5, 0.6) is 0 Å². The van der Waals surface area contributed by atoms with Gasteiger partial charge in [-0.2, -0.15) is 0 Å². The summed E-state index contributed by atoms with van der Waals surface area (Å²) < 4.78 is 2.18. The molecule has 0 atom stereocenters. The molecule has 0 aliphatic heterocycles. The highest BCUT2D eigenvalue weighted by molar-refractivity contribution is 7.09. The summed E-state index contributed by atoms with van der Waals surface area (Å²) in [6.45, 7) is 11.1. The zero-order valence-corrected chi connectivity index (χ0v) is 15.4. The summed E-state index contributed by atoms with van der Waals surface area (Å²) in [5.74, 6) is -0.0137. The number of aryl methyl sites for hydroxylation is 1. The quantitative estimate of drug-likeness (QED) is 0.879. The number of hydrogen-bond acceptors (Lipinski definition) is 3. The van der Waals surface area contributed by atoms with Crippen molar-refractivity contribution >= 4 is 17.2 Å². The number of aliphatic hydroxyl groups is 1. The molecule has 2 rings (SSSR count). The zero-order chi connectivity index (χ0) is 17.2. The Bertz CT molecular complexity index is 666. The minimum Gasteiger partial charge on any atom is -0.389 e. The van der Waals surface area contributed by atoms with Crippen LogP contribution in [0.2, 0.25) is 0 Å². The van der Waals surface area contributed by atoms with Crippen molar-refractivity contribution in [1.82, 2.24) is 9.47 Å². The Morgan fingerprint density at radius 1 is 1.39 bits per heavy atom. The number of amides is 1. The summed E-state index contributed by atoms with van der Waals surface area (Å²) >= 11 is 1.72. The van der Waals surface area contributed by atoms with Gasteiger partial charge in [-0.05, 0) is 52.1 Å². The van der Waals surface area contributed by atoms with Gasteiger partial charge in [-0.15, -0.1) is 11.3 Å². The van der Waals surface area contributed by atoms with Gasteiger partial charge in [0.15, 0.2) is 0 Å². The van der Waals surface area contributed by atoms with Crippen LogP contribution in [0.25, 0.3) is 0 Å². The fourth-order valence-corrected chi connectivity index (χ4v) is 3.48. The van der Waals surface area contributed by atoms with E-state index < -0.39 is 5.60 Å². The second kappa shape index (κ2) is 6.89. The largest absolute Gasteiger partial charge is 0.389 e. The Morgan fingerprint density at radius 3 is 2.61 bits per heavy atom. The van der Waals surface area contributed by atoms with Crippen LogP contribution in [0.4, 0.5) is 0 Å². The van der Waals surface area contributed by atoms with E-state index in [1.807, 2.05) is 32.9 Å². The van der Waals surface area contributed by atoms with Crippen molar-refractivity contribution in [3.63, 3.8) is 0 Å². The molecule has 2 aromatic rings. The van der Waals surface area contributed by atoms with E-state index in [-0.39, 0.29) is 5.91 Å². The van der Waals surface area contributed by atoms with E-state index in [2.05, 4.69) is 16.0 Å². The molecule has 2 heterocycles. The molecule has 0 radical (unpaired) electrons. The van der Waals surface area contributed by atoms with Gasteiger partial charge in [0.1, 0.15) is 0 Å². The predicted octanol–water partition coefficient (Wildman–Crippen LogP) is 3.45. The molecule has 0 saturated heterocycles. The van der Waals surface area contributed by atoms with Crippen molar-refractivity contribution in [1.29, 1.82) is 0 Å². The van der Waals surface area contributed by atoms with Crippen LogP contribution in [0.15, 0.2) is 23.6 Å². The smallest absolute Gasteiger partial charge is 0.255 e. The molecule has 0 fully saturated rings. The van der Waals surface area contributed by atoms with Gasteiger partial charge in [0.05, 0.1) is 17.7 Å². The first-order chi connectivity index (χ1) is 10.7. The van der Waals surface area contributed by atoms with Gasteiger partial charge in [0, 0.05) is 29.4 Å². The fraction of sp³-hybridized carbons (Fsp3) is 0.500. The lowest BCUT2D eigenvalue weighted by Crippen LogP contribution is -2.42. The molecule has 126 valence electrons. The van der Waals surface area contributed by atoms with Crippen molar-refractivity contribution in [2.45, 2.75) is 46.8 Å². The standard InChI is InChI=1S/C18H26N2O2S/c1-6-19(12-18(4,5)22)17(21)16-10-13(2)20(14(16)3)11-15-8-7-9-23-15/h7-10,22H,6,11-12H2,1-5H3. The van der Waals surface area contributed by atoms with E-state index in [9.17, 15) is 9.90 Å². The van der Waals surface area contributed by atoms with Crippen LogP contribution in [0.3, 0.4) is 0 Å². The maximum Gasteiger partial charge on any atom is 0.255 e. The van der Waals surface area contributed by atoms with E-state index in [1.54, 1.807) is 30.1 Å². The third-order valence-electron chi connectivity index (χ3n) is 3.94. The van der Waals surface area contributed by atoms with E-state index in [4.69, 9.17) is 0 Å². The summed E-state index contributed by atoms with van der Waals surface area (Å²) in [7, 11) is 0. The fourth-order valence-electron chi connectivity index (χ4n) is 2.78.